The molecule has 0 unspecified atom stereocenters. The van der Waals surface area contributed by atoms with E-state index in [-0.39, 0.29) is 11.9 Å². The predicted molar refractivity (Wildman–Crippen MR) is 92.9 cm³/mol. The molecule has 0 saturated heterocycles. The van der Waals surface area contributed by atoms with Crippen molar-refractivity contribution in [2.24, 2.45) is 11.8 Å². The smallest absolute Gasteiger partial charge is 0.287 e. The van der Waals surface area contributed by atoms with E-state index < -0.39 is 0 Å². The fourth-order valence-electron chi connectivity index (χ4n) is 3.27. The van der Waals surface area contributed by atoms with E-state index in [2.05, 4.69) is 19.2 Å². The molecule has 3 rings (SSSR count). The summed E-state index contributed by atoms with van der Waals surface area (Å²) in [5, 5.41) is 3.13. The van der Waals surface area contributed by atoms with Gasteiger partial charge in [-0.05, 0) is 42.5 Å². The predicted octanol–water partition coefficient (Wildman–Crippen LogP) is 4.41. The normalized spacial score (nSPS) is 23.7. The molecule has 1 aromatic carbocycles. The van der Waals surface area contributed by atoms with Gasteiger partial charge in [-0.1, -0.05) is 44.9 Å². The van der Waals surface area contributed by atoms with Gasteiger partial charge in [0.15, 0.2) is 5.76 Å². The maximum absolute atomic E-state index is 12.4. The van der Waals surface area contributed by atoms with Crippen molar-refractivity contribution >= 4 is 5.91 Å². The molecule has 128 valence electrons. The van der Waals surface area contributed by atoms with Gasteiger partial charge in [-0.15, -0.1) is 0 Å². The van der Waals surface area contributed by atoms with E-state index in [1.165, 1.54) is 12.8 Å². The van der Waals surface area contributed by atoms with Crippen molar-refractivity contribution in [3.63, 3.8) is 0 Å². The summed E-state index contributed by atoms with van der Waals surface area (Å²) in [6, 6.07) is 13.3. The molecule has 1 fully saturated rings. The van der Waals surface area contributed by atoms with Crippen molar-refractivity contribution < 1.29 is 13.9 Å². The third kappa shape index (κ3) is 3.99. The highest BCUT2D eigenvalue weighted by atomic mass is 16.5. The second-order valence-corrected chi connectivity index (χ2v) is 6.71. The monoisotopic (exact) mass is 327 g/mol. The number of hydrogen-bond donors (Lipinski definition) is 1. The van der Waals surface area contributed by atoms with Crippen LogP contribution in [0.1, 0.15) is 49.4 Å². The minimum absolute atomic E-state index is 0.132. The largest absolute Gasteiger partial charge is 0.486 e. The molecule has 4 nitrogen and oxygen atoms in total. The highest BCUT2D eigenvalue weighted by Crippen LogP contribution is 2.29. The van der Waals surface area contributed by atoms with Gasteiger partial charge in [0.2, 0.25) is 0 Å². The average Bonchev–Trinajstić information content (AvgIpc) is 3.07. The number of hydrogen-bond acceptors (Lipinski definition) is 3. The number of carbonyl (C=O) groups is 1. The number of benzene rings is 1. The minimum atomic E-state index is -0.132. The lowest BCUT2D eigenvalue weighted by atomic mass is 9.78. The molecule has 1 saturated carbocycles. The molecular formula is C20H25NO3. The van der Waals surface area contributed by atoms with Crippen LogP contribution < -0.4 is 10.1 Å². The molecule has 1 N–H and O–H groups in total. The lowest BCUT2D eigenvalue weighted by molar-refractivity contribution is 0.0859. The third-order valence-electron chi connectivity index (χ3n) is 5.03. The van der Waals surface area contributed by atoms with E-state index in [0.717, 1.165) is 12.2 Å². The summed E-state index contributed by atoms with van der Waals surface area (Å²) in [4.78, 5) is 12.4. The van der Waals surface area contributed by atoms with Crippen LogP contribution in [0.25, 0.3) is 0 Å². The number of nitrogens with one attached hydrogen (secondary N) is 1. The van der Waals surface area contributed by atoms with Gasteiger partial charge in [0.05, 0.1) is 0 Å². The Morgan fingerprint density at radius 2 is 1.96 bits per heavy atom. The fourth-order valence-corrected chi connectivity index (χ4v) is 3.27. The van der Waals surface area contributed by atoms with Crippen molar-refractivity contribution in [3.8, 4) is 5.75 Å². The van der Waals surface area contributed by atoms with Crippen LogP contribution >= 0.6 is 0 Å². The van der Waals surface area contributed by atoms with Gasteiger partial charge in [0.25, 0.3) is 5.91 Å². The zero-order valence-electron chi connectivity index (χ0n) is 14.3. The standard InChI is InChI=1S/C20H25NO3/c1-14-7-6-10-18(15(14)2)21-20(22)19-12-11-17(24-19)13-23-16-8-4-3-5-9-16/h3-5,8-9,11-12,14-15,18H,6-7,10,13H2,1-2H3,(H,21,22)/t14-,15-,18+/m1/s1. The van der Waals surface area contributed by atoms with Crippen molar-refractivity contribution in [1.29, 1.82) is 0 Å². The zero-order chi connectivity index (χ0) is 16.9. The first kappa shape index (κ1) is 16.6. The Bertz CT molecular complexity index is 665. The molecule has 0 bridgehead atoms. The Hall–Kier alpha value is -2.23. The Kier molecular flexibility index (Phi) is 5.24. The summed E-state index contributed by atoms with van der Waals surface area (Å²) in [5.41, 5.74) is 0. The maximum Gasteiger partial charge on any atom is 0.287 e. The van der Waals surface area contributed by atoms with Crippen LogP contribution in [0.4, 0.5) is 0 Å². The molecule has 1 aromatic heterocycles. The minimum Gasteiger partial charge on any atom is -0.486 e. The first-order valence-electron chi connectivity index (χ1n) is 8.71. The van der Waals surface area contributed by atoms with E-state index in [1.54, 1.807) is 12.1 Å². The molecule has 4 heteroatoms. The van der Waals surface area contributed by atoms with Crippen molar-refractivity contribution in [1.82, 2.24) is 5.32 Å². The van der Waals surface area contributed by atoms with Crippen molar-refractivity contribution in [2.45, 2.75) is 45.8 Å². The molecule has 1 amide bonds. The summed E-state index contributed by atoms with van der Waals surface area (Å²) in [6.45, 7) is 4.79. The van der Waals surface area contributed by atoms with Crippen molar-refractivity contribution in [2.75, 3.05) is 0 Å². The molecule has 3 atom stereocenters. The van der Waals surface area contributed by atoms with E-state index in [4.69, 9.17) is 9.15 Å². The lowest BCUT2D eigenvalue weighted by Crippen LogP contribution is -2.43. The third-order valence-corrected chi connectivity index (χ3v) is 5.03. The molecule has 1 aliphatic rings. The highest BCUT2D eigenvalue weighted by Gasteiger charge is 2.29. The summed E-state index contributed by atoms with van der Waals surface area (Å²) in [7, 11) is 0. The number of ether oxygens (including phenoxy) is 1. The van der Waals surface area contributed by atoms with Gasteiger partial charge in [-0.2, -0.15) is 0 Å². The first-order chi connectivity index (χ1) is 11.6. The Balaban J connectivity index is 1.55. The summed E-state index contributed by atoms with van der Waals surface area (Å²) >= 11 is 0. The van der Waals surface area contributed by atoms with E-state index in [0.29, 0.717) is 30.0 Å². The van der Waals surface area contributed by atoms with Gasteiger partial charge in [-0.25, -0.2) is 0 Å². The Morgan fingerprint density at radius 1 is 1.17 bits per heavy atom. The van der Waals surface area contributed by atoms with E-state index in [1.807, 2.05) is 30.3 Å². The number of furan rings is 1. The van der Waals surface area contributed by atoms with Crippen molar-refractivity contribution in [3.05, 3.63) is 54.0 Å². The van der Waals surface area contributed by atoms with Gasteiger partial charge in [0, 0.05) is 6.04 Å². The number of rotatable bonds is 5. The molecule has 0 aliphatic heterocycles. The van der Waals surface area contributed by atoms with Gasteiger partial charge in [-0.3, -0.25) is 4.79 Å². The van der Waals surface area contributed by atoms with Crippen LogP contribution in [0, 0.1) is 11.8 Å². The molecule has 1 heterocycles. The van der Waals surface area contributed by atoms with E-state index >= 15 is 0 Å². The molecule has 24 heavy (non-hydrogen) atoms. The number of para-hydroxylation sites is 1. The molecule has 2 aromatic rings. The Morgan fingerprint density at radius 3 is 2.75 bits per heavy atom. The molecule has 1 aliphatic carbocycles. The topological polar surface area (TPSA) is 51.5 Å². The highest BCUT2D eigenvalue weighted by molar-refractivity contribution is 5.91. The number of carbonyl (C=O) groups excluding carboxylic acids is 1. The van der Waals surface area contributed by atoms with Crippen LogP contribution in [0.5, 0.6) is 5.75 Å². The molecular weight excluding hydrogens is 302 g/mol. The lowest BCUT2D eigenvalue weighted by Gasteiger charge is -2.34. The van der Waals surface area contributed by atoms with Crippen LogP contribution in [0.3, 0.4) is 0 Å². The summed E-state index contributed by atoms with van der Waals surface area (Å²) in [5.74, 6) is 2.80. The fraction of sp³-hybridized carbons (Fsp3) is 0.450. The average molecular weight is 327 g/mol. The maximum atomic E-state index is 12.4. The SMILES string of the molecule is C[C@@H]1[C@H](C)CCC[C@@H]1NC(=O)c1ccc(COc2ccccc2)o1. The van der Waals surface area contributed by atoms with Crippen LogP contribution in [0.15, 0.2) is 46.9 Å². The molecule has 0 radical (unpaired) electrons. The van der Waals surface area contributed by atoms with Crippen LogP contribution in [0.2, 0.25) is 0 Å². The zero-order valence-corrected chi connectivity index (χ0v) is 14.3. The second-order valence-electron chi connectivity index (χ2n) is 6.71. The van der Waals surface area contributed by atoms with Crippen LogP contribution in [-0.2, 0) is 6.61 Å². The van der Waals surface area contributed by atoms with Gasteiger partial charge >= 0.3 is 0 Å². The van der Waals surface area contributed by atoms with Gasteiger partial charge in [0.1, 0.15) is 18.1 Å². The summed E-state index contributed by atoms with van der Waals surface area (Å²) < 4.78 is 11.3. The van der Waals surface area contributed by atoms with Gasteiger partial charge < -0.3 is 14.5 Å². The molecule has 0 spiro atoms. The number of amides is 1. The van der Waals surface area contributed by atoms with Crippen LogP contribution in [-0.4, -0.2) is 11.9 Å². The second kappa shape index (κ2) is 7.56. The first-order valence-corrected chi connectivity index (χ1v) is 8.71. The summed E-state index contributed by atoms with van der Waals surface area (Å²) in [6.07, 6.45) is 3.46. The Labute approximate surface area is 143 Å². The van der Waals surface area contributed by atoms with E-state index in [9.17, 15) is 4.79 Å². The quantitative estimate of drug-likeness (QED) is 0.885.